The van der Waals surface area contributed by atoms with Crippen molar-refractivity contribution in [1.29, 1.82) is 0 Å². The Labute approximate surface area is 123 Å². The van der Waals surface area contributed by atoms with E-state index in [-0.39, 0.29) is 0 Å². The highest BCUT2D eigenvalue weighted by atomic mass is 35.5. The number of halogens is 1. The molecule has 4 rings (SSSR count). The predicted octanol–water partition coefficient (Wildman–Crippen LogP) is 5.58. The standard InChI is InChI=1S/C19H13Cl/c20-17-8-5-13(6-9-17)14-7-10-19-16(11-14)12-15-3-1-2-4-18(15)19/h1-11H,12H2. The fraction of sp³-hybridized carbons (Fsp3) is 0.0526. The molecule has 0 amide bonds. The van der Waals surface area contributed by atoms with E-state index in [1.807, 2.05) is 12.1 Å². The van der Waals surface area contributed by atoms with Crippen LogP contribution in [0.4, 0.5) is 0 Å². The van der Waals surface area contributed by atoms with Gasteiger partial charge < -0.3 is 0 Å². The minimum atomic E-state index is 0.780. The predicted molar refractivity (Wildman–Crippen MR) is 85.1 cm³/mol. The lowest BCUT2D eigenvalue weighted by Crippen LogP contribution is -1.83. The maximum Gasteiger partial charge on any atom is 0.0406 e. The van der Waals surface area contributed by atoms with Gasteiger partial charge in [-0.05, 0) is 51.9 Å². The second-order valence-corrected chi connectivity index (χ2v) is 5.65. The van der Waals surface area contributed by atoms with Crippen molar-refractivity contribution in [3.63, 3.8) is 0 Å². The molecule has 0 heterocycles. The summed E-state index contributed by atoms with van der Waals surface area (Å²) in [5.41, 5.74) is 8.07. The Hall–Kier alpha value is -2.05. The molecule has 0 radical (unpaired) electrons. The summed E-state index contributed by atoms with van der Waals surface area (Å²) >= 11 is 5.95. The molecule has 1 heteroatoms. The summed E-state index contributed by atoms with van der Waals surface area (Å²) in [6, 6.07) is 23.4. The van der Waals surface area contributed by atoms with Crippen LogP contribution in [-0.2, 0) is 6.42 Å². The van der Waals surface area contributed by atoms with Gasteiger partial charge in [-0.1, -0.05) is 66.2 Å². The Bertz CT molecular complexity index is 785. The molecular weight excluding hydrogens is 264 g/mol. The fourth-order valence-electron chi connectivity index (χ4n) is 2.97. The minimum Gasteiger partial charge on any atom is -0.0843 e. The van der Waals surface area contributed by atoms with Crippen LogP contribution >= 0.6 is 11.6 Å². The molecule has 20 heavy (non-hydrogen) atoms. The van der Waals surface area contributed by atoms with Crippen LogP contribution in [0.5, 0.6) is 0 Å². The van der Waals surface area contributed by atoms with E-state index in [0.717, 1.165) is 11.4 Å². The van der Waals surface area contributed by atoms with Crippen molar-refractivity contribution in [1.82, 2.24) is 0 Å². The van der Waals surface area contributed by atoms with Crippen LogP contribution in [0, 0.1) is 0 Å². The normalized spacial score (nSPS) is 12.1. The number of fused-ring (bicyclic) bond motifs is 3. The van der Waals surface area contributed by atoms with Gasteiger partial charge in [0.2, 0.25) is 0 Å². The molecular formula is C19H13Cl. The monoisotopic (exact) mass is 276 g/mol. The molecule has 0 bridgehead atoms. The molecule has 0 N–H and O–H groups in total. The van der Waals surface area contributed by atoms with E-state index in [1.165, 1.54) is 33.4 Å². The highest BCUT2D eigenvalue weighted by Gasteiger charge is 2.17. The topological polar surface area (TPSA) is 0 Å². The molecule has 0 spiro atoms. The van der Waals surface area contributed by atoms with Crippen LogP contribution in [0.3, 0.4) is 0 Å². The van der Waals surface area contributed by atoms with Crippen LogP contribution < -0.4 is 0 Å². The highest BCUT2D eigenvalue weighted by Crippen LogP contribution is 2.38. The van der Waals surface area contributed by atoms with Crippen LogP contribution in [0.1, 0.15) is 11.1 Å². The van der Waals surface area contributed by atoms with Crippen molar-refractivity contribution in [3.8, 4) is 22.3 Å². The van der Waals surface area contributed by atoms with Gasteiger partial charge in [-0.3, -0.25) is 0 Å². The van der Waals surface area contributed by atoms with E-state index >= 15 is 0 Å². The maximum absolute atomic E-state index is 5.95. The Morgan fingerprint density at radius 2 is 1.35 bits per heavy atom. The first-order valence-electron chi connectivity index (χ1n) is 6.78. The Morgan fingerprint density at radius 3 is 2.20 bits per heavy atom. The highest BCUT2D eigenvalue weighted by molar-refractivity contribution is 6.30. The number of hydrogen-bond acceptors (Lipinski definition) is 0. The lowest BCUT2D eigenvalue weighted by atomic mass is 9.99. The molecule has 1 aliphatic carbocycles. The van der Waals surface area contributed by atoms with E-state index in [1.54, 1.807) is 0 Å². The molecule has 3 aromatic carbocycles. The third-order valence-corrected chi connectivity index (χ3v) is 4.22. The molecule has 0 fully saturated rings. The molecule has 1 aliphatic rings. The molecule has 0 nitrogen and oxygen atoms in total. The van der Waals surface area contributed by atoms with Crippen molar-refractivity contribution in [3.05, 3.63) is 82.9 Å². The first kappa shape index (κ1) is 11.7. The summed E-state index contributed by atoms with van der Waals surface area (Å²) in [6.07, 6.45) is 1.03. The van der Waals surface area contributed by atoms with Crippen molar-refractivity contribution in [2.75, 3.05) is 0 Å². The van der Waals surface area contributed by atoms with Crippen LogP contribution in [0.25, 0.3) is 22.3 Å². The van der Waals surface area contributed by atoms with Gasteiger partial charge in [-0.2, -0.15) is 0 Å². The third kappa shape index (κ3) is 1.85. The minimum absolute atomic E-state index is 0.780. The molecule has 0 saturated heterocycles. The molecule has 96 valence electrons. The second kappa shape index (κ2) is 4.50. The molecule has 0 aromatic heterocycles. The van der Waals surface area contributed by atoms with Gasteiger partial charge in [0.05, 0.1) is 0 Å². The van der Waals surface area contributed by atoms with E-state index in [9.17, 15) is 0 Å². The first-order valence-corrected chi connectivity index (χ1v) is 7.16. The number of hydrogen-bond donors (Lipinski definition) is 0. The van der Waals surface area contributed by atoms with Crippen molar-refractivity contribution in [2.24, 2.45) is 0 Å². The zero-order chi connectivity index (χ0) is 13.5. The number of rotatable bonds is 1. The van der Waals surface area contributed by atoms with Gasteiger partial charge in [0.25, 0.3) is 0 Å². The van der Waals surface area contributed by atoms with Gasteiger partial charge in [0.15, 0.2) is 0 Å². The quantitative estimate of drug-likeness (QED) is 0.426. The first-order chi connectivity index (χ1) is 9.81. The average molecular weight is 277 g/mol. The second-order valence-electron chi connectivity index (χ2n) is 5.21. The lowest BCUT2D eigenvalue weighted by molar-refractivity contribution is 1.26. The van der Waals surface area contributed by atoms with Gasteiger partial charge in [-0.25, -0.2) is 0 Å². The smallest absolute Gasteiger partial charge is 0.0406 e. The van der Waals surface area contributed by atoms with E-state index in [2.05, 4.69) is 54.6 Å². The molecule has 0 unspecified atom stereocenters. The van der Waals surface area contributed by atoms with E-state index in [0.29, 0.717) is 0 Å². The zero-order valence-electron chi connectivity index (χ0n) is 10.9. The summed E-state index contributed by atoms with van der Waals surface area (Å²) in [6.45, 7) is 0. The SMILES string of the molecule is Clc1ccc(-c2ccc3c(c2)Cc2ccccc2-3)cc1. The molecule has 3 aromatic rings. The Morgan fingerprint density at radius 1 is 0.650 bits per heavy atom. The van der Waals surface area contributed by atoms with Crippen molar-refractivity contribution in [2.45, 2.75) is 6.42 Å². The summed E-state index contributed by atoms with van der Waals surface area (Å²) in [5, 5.41) is 0.780. The zero-order valence-corrected chi connectivity index (χ0v) is 11.7. The average Bonchev–Trinajstić information content (AvgIpc) is 2.85. The van der Waals surface area contributed by atoms with Gasteiger partial charge in [-0.15, -0.1) is 0 Å². The maximum atomic E-state index is 5.95. The van der Waals surface area contributed by atoms with Gasteiger partial charge in [0, 0.05) is 5.02 Å². The van der Waals surface area contributed by atoms with Crippen LogP contribution in [0.2, 0.25) is 5.02 Å². The fourth-order valence-corrected chi connectivity index (χ4v) is 3.09. The van der Waals surface area contributed by atoms with Crippen LogP contribution in [0.15, 0.2) is 66.7 Å². The Kier molecular flexibility index (Phi) is 2.64. The summed E-state index contributed by atoms with van der Waals surface area (Å²) < 4.78 is 0. The summed E-state index contributed by atoms with van der Waals surface area (Å²) in [7, 11) is 0. The van der Waals surface area contributed by atoms with Crippen LogP contribution in [-0.4, -0.2) is 0 Å². The Balaban J connectivity index is 1.80. The molecule has 0 atom stereocenters. The third-order valence-electron chi connectivity index (χ3n) is 3.97. The van der Waals surface area contributed by atoms with E-state index in [4.69, 9.17) is 11.6 Å². The van der Waals surface area contributed by atoms with Gasteiger partial charge >= 0.3 is 0 Å². The lowest BCUT2D eigenvalue weighted by Gasteiger charge is -2.06. The van der Waals surface area contributed by atoms with Crippen molar-refractivity contribution < 1.29 is 0 Å². The number of benzene rings is 3. The largest absolute Gasteiger partial charge is 0.0843 e. The molecule has 0 aliphatic heterocycles. The summed E-state index contributed by atoms with van der Waals surface area (Å²) in [4.78, 5) is 0. The van der Waals surface area contributed by atoms with Crippen molar-refractivity contribution >= 4 is 11.6 Å². The van der Waals surface area contributed by atoms with Gasteiger partial charge in [0.1, 0.15) is 0 Å². The van der Waals surface area contributed by atoms with E-state index < -0.39 is 0 Å². The summed E-state index contributed by atoms with van der Waals surface area (Å²) in [5.74, 6) is 0. The molecule has 0 saturated carbocycles.